The molecule has 0 aliphatic carbocycles. The summed E-state index contributed by atoms with van der Waals surface area (Å²) < 4.78 is 9.58. The molecule has 0 spiro atoms. The Morgan fingerprint density at radius 1 is 1.05 bits per heavy atom. The topological polar surface area (TPSA) is 143 Å². The zero-order chi connectivity index (χ0) is 31.3. The summed E-state index contributed by atoms with van der Waals surface area (Å²) in [5.41, 5.74) is 10.2. The monoisotopic (exact) mass is 610 g/mol. The van der Waals surface area contributed by atoms with E-state index in [4.69, 9.17) is 15.5 Å². The third-order valence-corrected chi connectivity index (χ3v) is 9.04. The first-order valence-electron chi connectivity index (χ1n) is 14.7. The molecule has 12 heteroatoms. The van der Waals surface area contributed by atoms with Crippen LogP contribution in [0.25, 0.3) is 33.7 Å². The van der Waals surface area contributed by atoms with E-state index >= 15 is 0 Å². The Kier molecular flexibility index (Phi) is 9.31. The minimum Gasteiger partial charge on any atom is -0.384 e. The molecular formula is C32H38N8O3Si. The number of hydrogen-bond donors (Lipinski definition) is 2. The van der Waals surface area contributed by atoms with Gasteiger partial charge in [-0.05, 0) is 54.9 Å². The number of carbonyl (C=O) groups is 1. The number of nitrogens with two attached hydrogens (primary N) is 1. The van der Waals surface area contributed by atoms with Gasteiger partial charge in [0.1, 0.15) is 29.6 Å². The molecule has 0 aliphatic rings. The van der Waals surface area contributed by atoms with Gasteiger partial charge in [0.05, 0.1) is 17.5 Å². The van der Waals surface area contributed by atoms with Crippen molar-refractivity contribution in [2.24, 2.45) is 0 Å². The highest BCUT2D eigenvalue weighted by Crippen LogP contribution is 2.27. The van der Waals surface area contributed by atoms with Crippen molar-refractivity contribution >= 4 is 30.8 Å². The maximum absolute atomic E-state index is 13.8. The van der Waals surface area contributed by atoms with Gasteiger partial charge in [0, 0.05) is 70.0 Å². The van der Waals surface area contributed by atoms with E-state index in [1.807, 2.05) is 40.3 Å². The maximum atomic E-state index is 13.8. The number of aryl methyl sites for hydroxylation is 1. The van der Waals surface area contributed by atoms with E-state index < -0.39 is 8.07 Å². The lowest BCUT2D eigenvalue weighted by atomic mass is 10.1. The first-order chi connectivity index (χ1) is 21.1. The van der Waals surface area contributed by atoms with Crippen molar-refractivity contribution in [1.29, 1.82) is 0 Å². The van der Waals surface area contributed by atoms with Gasteiger partial charge in [0.15, 0.2) is 0 Å². The molecule has 0 bridgehead atoms. The fraction of sp³-hybridized carbons (Fsp3) is 0.312. The molecule has 0 aromatic carbocycles. The summed E-state index contributed by atoms with van der Waals surface area (Å²) in [5, 5.41) is 3.35. The molecule has 5 aromatic heterocycles. The summed E-state index contributed by atoms with van der Waals surface area (Å²) >= 11 is 0. The molecule has 0 aliphatic heterocycles. The quantitative estimate of drug-likeness (QED) is 0.155. The molecule has 0 fully saturated rings. The number of fused-ring (bicyclic) bond motifs is 1. The molecule has 44 heavy (non-hydrogen) atoms. The summed E-state index contributed by atoms with van der Waals surface area (Å²) in [4.78, 5) is 44.0. The SMILES string of the molecule is CCn1c(N)c(-c2nccn2COCC[Si](C)(C)C)c(=O)c2ccc(-c3ccc(CC(=O)NCc4ccncc4)nc3)nc21. The predicted molar refractivity (Wildman–Crippen MR) is 174 cm³/mol. The van der Waals surface area contributed by atoms with Crippen LogP contribution in [0.3, 0.4) is 0 Å². The van der Waals surface area contributed by atoms with Crippen molar-refractivity contribution in [3.8, 4) is 22.6 Å². The number of pyridine rings is 4. The number of carbonyl (C=O) groups excluding carboxylic acids is 1. The molecule has 0 atom stereocenters. The number of anilines is 1. The van der Waals surface area contributed by atoms with E-state index in [1.165, 1.54) is 0 Å². The number of ether oxygens (including phenoxy) is 1. The number of amides is 1. The minimum absolute atomic E-state index is 0.122. The van der Waals surface area contributed by atoms with Crippen molar-refractivity contribution in [2.45, 2.75) is 58.9 Å². The van der Waals surface area contributed by atoms with Gasteiger partial charge in [0.2, 0.25) is 11.3 Å². The van der Waals surface area contributed by atoms with E-state index in [-0.39, 0.29) is 24.5 Å². The zero-order valence-electron chi connectivity index (χ0n) is 25.6. The van der Waals surface area contributed by atoms with Crippen molar-refractivity contribution in [3.05, 3.63) is 88.9 Å². The Morgan fingerprint density at radius 2 is 1.84 bits per heavy atom. The molecule has 0 saturated heterocycles. The third-order valence-electron chi connectivity index (χ3n) is 7.33. The van der Waals surface area contributed by atoms with E-state index in [1.54, 1.807) is 43.1 Å². The number of nitrogens with one attached hydrogen (secondary N) is 1. The minimum atomic E-state index is -1.22. The second-order valence-electron chi connectivity index (χ2n) is 11.8. The van der Waals surface area contributed by atoms with Crippen LogP contribution >= 0.6 is 0 Å². The van der Waals surface area contributed by atoms with Gasteiger partial charge in [-0.15, -0.1) is 0 Å². The fourth-order valence-electron chi connectivity index (χ4n) is 4.82. The normalized spacial score (nSPS) is 11.6. The standard InChI is InChI=1S/C32H38N8O3Si/c1-5-40-30(33)28(32-35-14-15-39(32)21-43-16-17-44(2,3)4)29(42)25-8-9-26(38-31(25)40)23-6-7-24(36-20-23)18-27(41)37-19-22-10-12-34-13-11-22/h6-15,20H,5,16-19,21,33H2,1-4H3,(H,37,41). The molecule has 5 heterocycles. The molecule has 1 amide bonds. The molecule has 11 nitrogen and oxygen atoms in total. The highest BCUT2D eigenvalue weighted by molar-refractivity contribution is 6.76. The first kappa shape index (κ1) is 30.8. The van der Waals surface area contributed by atoms with Crippen molar-refractivity contribution in [1.82, 2.24) is 34.4 Å². The van der Waals surface area contributed by atoms with E-state index in [0.29, 0.717) is 59.3 Å². The second kappa shape index (κ2) is 13.3. The van der Waals surface area contributed by atoms with Gasteiger partial charge in [-0.25, -0.2) is 9.97 Å². The molecule has 5 rings (SSSR count). The molecule has 3 N–H and O–H groups in total. The Labute approximate surface area is 257 Å². The molecular weight excluding hydrogens is 572 g/mol. The lowest BCUT2D eigenvalue weighted by Gasteiger charge is -2.18. The van der Waals surface area contributed by atoms with Crippen LogP contribution in [0.15, 0.2) is 72.2 Å². The van der Waals surface area contributed by atoms with Crippen LogP contribution in [0.4, 0.5) is 5.82 Å². The highest BCUT2D eigenvalue weighted by atomic mass is 28.3. The molecule has 5 aromatic rings. The van der Waals surface area contributed by atoms with Gasteiger partial charge < -0.3 is 24.9 Å². The predicted octanol–water partition coefficient (Wildman–Crippen LogP) is 4.49. The summed E-state index contributed by atoms with van der Waals surface area (Å²) in [5.74, 6) is 0.650. The smallest absolute Gasteiger partial charge is 0.226 e. The Balaban J connectivity index is 1.36. The number of imidazole rings is 1. The number of hydrogen-bond acceptors (Lipinski definition) is 8. The van der Waals surface area contributed by atoms with Crippen molar-refractivity contribution < 1.29 is 9.53 Å². The highest BCUT2D eigenvalue weighted by Gasteiger charge is 2.21. The lowest BCUT2D eigenvalue weighted by Crippen LogP contribution is -2.24. The molecule has 0 saturated carbocycles. The molecule has 228 valence electrons. The van der Waals surface area contributed by atoms with Gasteiger partial charge in [-0.1, -0.05) is 19.6 Å². The Hall–Kier alpha value is -4.68. The average molecular weight is 611 g/mol. The van der Waals surface area contributed by atoms with Crippen LogP contribution in [0.2, 0.25) is 25.7 Å². The first-order valence-corrected chi connectivity index (χ1v) is 18.4. The van der Waals surface area contributed by atoms with Crippen LogP contribution in [-0.2, 0) is 35.8 Å². The van der Waals surface area contributed by atoms with E-state index in [9.17, 15) is 9.59 Å². The lowest BCUT2D eigenvalue weighted by molar-refractivity contribution is -0.120. The third kappa shape index (κ3) is 7.09. The van der Waals surface area contributed by atoms with Gasteiger partial charge >= 0.3 is 0 Å². The Morgan fingerprint density at radius 3 is 2.55 bits per heavy atom. The van der Waals surface area contributed by atoms with Crippen molar-refractivity contribution in [2.75, 3.05) is 12.3 Å². The summed E-state index contributed by atoms with van der Waals surface area (Å²) in [6.45, 7) is 10.8. The van der Waals surface area contributed by atoms with Gasteiger partial charge in [-0.2, -0.15) is 0 Å². The van der Waals surface area contributed by atoms with Crippen LogP contribution in [-0.4, -0.2) is 49.7 Å². The van der Waals surface area contributed by atoms with Gasteiger partial charge in [0.25, 0.3) is 0 Å². The maximum Gasteiger partial charge on any atom is 0.226 e. The molecule has 0 radical (unpaired) electrons. The summed E-state index contributed by atoms with van der Waals surface area (Å²) in [6, 6.07) is 12.0. The number of nitrogens with zero attached hydrogens (tertiary/aromatic N) is 6. The van der Waals surface area contributed by atoms with E-state index in [2.05, 4.69) is 39.9 Å². The van der Waals surface area contributed by atoms with Gasteiger partial charge in [-0.3, -0.25) is 19.6 Å². The van der Waals surface area contributed by atoms with Crippen LogP contribution < -0.4 is 16.5 Å². The summed E-state index contributed by atoms with van der Waals surface area (Å²) in [7, 11) is -1.22. The van der Waals surface area contributed by atoms with E-state index in [0.717, 1.165) is 17.2 Å². The largest absolute Gasteiger partial charge is 0.384 e. The number of rotatable bonds is 12. The summed E-state index contributed by atoms with van der Waals surface area (Å²) in [6.07, 6.45) is 8.68. The second-order valence-corrected chi connectivity index (χ2v) is 17.4. The average Bonchev–Trinajstić information content (AvgIpc) is 3.47. The zero-order valence-corrected chi connectivity index (χ0v) is 26.6. The molecule has 0 unspecified atom stereocenters. The van der Waals surface area contributed by atoms with Crippen molar-refractivity contribution in [3.63, 3.8) is 0 Å². The Bertz CT molecular complexity index is 1810. The van der Waals surface area contributed by atoms with Crippen LogP contribution in [0.5, 0.6) is 0 Å². The number of nitrogen functional groups attached to an aromatic ring is 1. The fourth-order valence-corrected chi connectivity index (χ4v) is 5.58. The van der Waals surface area contributed by atoms with Crippen LogP contribution in [0, 0.1) is 0 Å². The van der Waals surface area contributed by atoms with Crippen LogP contribution in [0.1, 0.15) is 18.2 Å². The number of aromatic nitrogens is 6.